The molecule has 23 heavy (non-hydrogen) atoms. The maximum Gasteiger partial charge on any atom is 0.356 e. The Morgan fingerprint density at radius 3 is 2.91 bits per heavy atom. The average Bonchev–Trinajstić information content (AvgIpc) is 3.00. The van der Waals surface area contributed by atoms with Crippen LogP contribution >= 0.6 is 11.3 Å². The van der Waals surface area contributed by atoms with E-state index in [1.54, 1.807) is 11.4 Å². The maximum atomic E-state index is 12.2. The molecule has 0 unspecified atom stereocenters. The van der Waals surface area contributed by atoms with Gasteiger partial charge in [0.1, 0.15) is 11.4 Å². The zero-order valence-electron chi connectivity index (χ0n) is 11.6. The number of aromatic nitrogens is 3. The van der Waals surface area contributed by atoms with E-state index >= 15 is 0 Å². The van der Waals surface area contributed by atoms with E-state index in [1.165, 1.54) is 40.6 Å². The molecule has 3 rings (SSSR count). The normalized spacial score (nSPS) is 10.6. The summed E-state index contributed by atoms with van der Waals surface area (Å²) in [5.74, 6) is -1.79. The van der Waals surface area contributed by atoms with Crippen molar-refractivity contribution in [3.05, 3.63) is 52.2 Å². The Hall–Kier alpha value is -3.07. The fourth-order valence-corrected chi connectivity index (χ4v) is 2.75. The summed E-state index contributed by atoms with van der Waals surface area (Å²) in [5, 5.41) is 13.7. The van der Waals surface area contributed by atoms with Crippen LogP contribution in [0, 0.1) is 0 Å². The summed E-state index contributed by atoms with van der Waals surface area (Å²) in [5.41, 5.74) is -0.515. The van der Waals surface area contributed by atoms with Crippen molar-refractivity contribution in [2.24, 2.45) is 0 Å². The molecule has 0 atom stereocenters. The summed E-state index contributed by atoms with van der Waals surface area (Å²) in [7, 11) is 0. The molecule has 0 aliphatic heterocycles. The third-order valence-electron chi connectivity index (χ3n) is 3.05. The maximum absolute atomic E-state index is 12.2. The smallest absolute Gasteiger partial charge is 0.356 e. The molecular formula is C14H10N4O4S. The Kier molecular flexibility index (Phi) is 3.85. The van der Waals surface area contributed by atoms with Gasteiger partial charge in [-0.1, -0.05) is 0 Å². The quantitative estimate of drug-likeness (QED) is 0.742. The van der Waals surface area contributed by atoms with Gasteiger partial charge in [-0.25, -0.2) is 14.8 Å². The lowest BCUT2D eigenvalue weighted by Crippen LogP contribution is -2.28. The van der Waals surface area contributed by atoms with E-state index in [2.05, 4.69) is 15.3 Å². The number of hydrogen-bond acceptors (Lipinski definition) is 6. The van der Waals surface area contributed by atoms with Gasteiger partial charge in [-0.05, 0) is 23.6 Å². The van der Waals surface area contributed by atoms with E-state index in [0.29, 0.717) is 10.2 Å². The average molecular weight is 330 g/mol. The third kappa shape index (κ3) is 2.94. The number of aromatic carboxylic acids is 1. The molecule has 3 heterocycles. The van der Waals surface area contributed by atoms with Gasteiger partial charge in [0, 0.05) is 6.20 Å². The van der Waals surface area contributed by atoms with Crippen molar-refractivity contribution in [2.75, 3.05) is 5.32 Å². The molecule has 0 aromatic carbocycles. The highest BCUT2D eigenvalue weighted by Crippen LogP contribution is 2.14. The molecule has 8 nitrogen and oxygen atoms in total. The van der Waals surface area contributed by atoms with Crippen LogP contribution in [0.15, 0.2) is 40.9 Å². The predicted molar refractivity (Wildman–Crippen MR) is 83.7 cm³/mol. The Bertz CT molecular complexity index is 963. The SMILES string of the molecule is O=C(Cn1cnc2sccc2c1=O)Nc1cccnc1C(=O)O. The summed E-state index contributed by atoms with van der Waals surface area (Å²) in [6.07, 6.45) is 2.61. The van der Waals surface area contributed by atoms with Gasteiger partial charge >= 0.3 is 5.97 Å². The number of anilines is 1. The van der Waals surface area contributed by atoms with Crippen molar-refractivity contribution in [3.63, 3.8) is 0 Å². The number of carbonyl (C=O) groups is 2. The Morgan fingerprint density at radius 1 is 1.30 bits per heavy atom. The van der Waals surface area contributed by atoms with Crippen LogP contribution in [0.5, 0.6) is 0 Å². The second-order valence-corrected chi connectivity index (χ2v) is 5.46. The predicted octanol–water partition coefficient (Wildman–Crippen LogP) is 1.19. The summed E-state index contributed by atoms with van der Waals surface area (Å²) in [6.45, 7) is -0.272. The molecule has 0 spiro atoms. The molecular weight excluding hydrogens is 320 g/mol. The molecule has 3 aromatic rings. The number of carbonyl (C=O) groups excluding carboxylic acids is 1. The first kappa shape index (κ1) is 14.9. The van der Waals surface area contributed by atoms with Gasteiger partial charge in [-0.2, -0.15) is 0 Å². The molecule has 9 heteroatoms. The van der Waals surface area contributed by atoms with E-state index < -0.39 is 11.9 Å². The van der Waals surface area contributed by atoms with Gasteiger partial charge in [-0.3, -0.25) is 14.2 Å². The molecule has 0 saturated carbocycles. The number of thiophene rings is 1. The lowest BCUT2D eigenvalue weighted by molar-refractivity contribution is -0.116. The van der Waals surface area contributed by atoms with Crippen LogP contribution in [0.4, 0.5) is 5.69 Å². The van der Waals surface area contributed by atoms with Gasteiger partial charge in [-0.15, -0.1) is 11.3 Å². The number of nitrogens with one attached hydrogen (secondary N) is 1. The van der Waals surface area contributed by atoms with E-state index in [9.17, 15) is 14.4 Å². The van der Waals surface area contributed by atoms with Crippen molar-refractivity contribution in [1.82, 2.24) is 14.5 Å². The van der Waals surface area contributed by atoms with Gasteiger partial charge in [0.2, 0.25) is 5.91 Å². The number of fused-ring (bicyclic) bond motifs is 1. The number of pyridine rings is 1. The van der Waals surface area contributed by atoms with E-state index in [-0.39, 0.29) is 23.5 Å². The van der Waals surface area contributed by atoms with Crippen molar-refractivity contribution in [3.8, 4) is 0 Å². The lowest BCUT2D eigenvalue weighted by Gasteiger charge is -2.08. The molecule has 3 aromatic heterocycles. The highest BCUT2D eigenvalue weighted by molar-refractivity contribution is 7.16. The van der Waals surface area contributed by atoms with Crippen molar-refractivity contribution < 1.29 is 14.7 Å². The minimum absolute atomic E-state index is 0.0719. The van der Waals surface area contributed by atoms with E-state index in [4.69, 9.17) is 5.11 Å². The fourth-order valence-electron chi connectivity index (χ4n) is 2.03. The van der Waals surface area contributed by atoms with Crippen molar-refractivity contribution >= 4 is 39.1 Å². The molecule has 0 aliphatic carbocycles. The van der Waals surface area contributed by atoms with Crippen LogP contribution in [-0.2, 0) is 11.3 Å². The summed E-state index contributed by atoms with van der Waals surface area (Å²) in [6, 6.07) is 4.58. The summed E-state index contributed by atoms with van der Waals surface area (Å²) in [4.78, 5) is 43.7. The van der Waals surface area contributed by atoms with Crippen molar-refractivity contribution in [2.45, 2.75) is 6.54 Å². The van der Waals surface area contributed by atoms with Crippen LogP contribution in [0.1, 0.15) is 10.5 Å². The van der Waals surface area contributed by atoms with Crippen LogP contribution in [0.3, 0.4) is 0 Å². The largest absolute Gasteiger partial charge is 0.476 e. The van der Waals surface area contributed by atoms with E-state index in [1.807, 2.05) is 0 Å². The summed E-state index contributed by atoms with van der Waals surface area (Å²) >= 11 is 1.34. The number of hydrogen-bond donors (Lipinski definition) is 2. The zero-order valence-corrected chi connectivity index (χ0v) is 12.4. The van der Waals surface area contributed by atoms with Gasteiger partial charge in [0.25, 0.3) is 5.56 Å². The Labute approximate surface area is 133 Å². The standard InChI is InChI=1S/C14H10N4O4S/c19-10(17-9-2-1-4-15-11(9)14(21)22)6-18-7-16-12-8(13(18)20)3-5-23-12/h1-5,7H,6H2,(H,17,19)(H,21,22). The molecule has 0 bridgehead atoms. The van der Waals surface area contributed by atoms with Crippen molar-refractivity contribution in [1.29, 1.82) is 0 Å². The molecule has 1 amide bonds. The monoisotopic (exact) mass is 330 g/mol. The zero-order chi connectivity index (χ0) is 16.4. The van der Waals surface area contributed by atoms with Crippen LogP contribution < -0.4 is 10.9 Å². The number of nitrogens with zero attached hydrogens (tertiary/aromatic N) is 3. The number of carboxylic acid groups (broad SMARTS) is 1. The lowest BCUT2D eigenvalue weighted by atomic mass is 10.3. The first-order valence-electron chi connectivity index (χ1n) is 6.47. The topological polar surface area (TPSA) is 114 Å². The number of carboxylic acids is 1. The number of amides is 1. The van der Waals surface area contributed by atoms with Crippen LogP contribution in [0.2, 0.25) is 0 Å². The first-order valence-corrected chi connectivity index (χ1v) is 7.35. The molecule has 0 radical (unpaired) electrons. The van der Waals surface area contributed by atoms with Gasteiger partial charge < -0.3 is 10.4 Å². The second kappa shape index (κ2) is 5.97. The molecule has 0 fully saturated rings. The van der Waals surface area contributed by atoms with Gasteiger partial charge in [0.15, 0.2) is 5.69 Å². The molecule has 2 N–H and O–H groups in total. The highest BCUT2D eigenvalue weighted by atomic mass is 32.1. The highest BCUT2D eigenvalue weighted by Gasteiger charge is 2.14. The molecule has 0 aliphatic rings. The third-order valence-corrected chi connectivity index (χ3v) is 3.87. The Balaban J connectivity index is 1.83. The second-order valence-electron chi connectivity index (χ2n) is 4.57. The van der Waals surface area contributed by atoms with Crippen LogP contribution in [0.25, 0.3) is 10.2 Å². The minimum Gasteiger partial charge on any atom is -0.476 e. The minimum atomic E-state index is -1.25. The first-order chi connectivity index (χ1) is 11.1. The molecule has 116 valence electrons. The fraction of sp³-hybridized carbons (Fsp3) is 0.0714. The van der Waals surface area contributed by atoms with Crippen LogP contribution in [-0.4, -0.2) is 31.5 Å². The van der Waals surface area contributed by atoms with Gasteiger partial charge in [0.05, 0.1) is 17.4 Å². The van der Waals surface area contributed by atoms with E-state index in [0.717, 1.165) is 0 Å². The summed E-state index contributed by atoms with van der Waals surface area (Å²) < 4.78 is 1.17. The Morgan fingerprint density at radius 2 is 2.13 bits per heavy atom. The number of rotatable bonds is 4. The molecule has 0 saturated heterocycles.